The smallest absolute Gasteiger partial charge is 0.279 e. The minimum absolute atomic E-state index is 0.0856. The van der Waals surface area contributed by atoms with Gasteiger partial charge in [0.25, 0.3) is 17.4 Å². The Morgan fingerprint density at radius 1 is 1.22 bits per heavy atom. The highest BCUT2D eigenvalue weighted by Crippen LogP contribution is 2.30. The molecule has 0 fully saturated rings. The zero-order valence-electron chi connectivity index (χ0n) is 14.1. The number of aromatic nitrogens is 2. The summed E-state index contributed by atoms with van der Waals surface area (Å²) in [5.41, 5.74) is 5.64. The SMILES string of the molecule is O=C(Cn1cnc2ccc(F)cc2c1=O)NNC(=O)c1cc2c(s1)CCC2. The summed E-state index contributed by atoms with van der Waals surface area (Å²) in [5.74, 6) is -1.54. The first-order chi connectivity index (χ1) is 13.0. The van der Waals surface area contributed by atoms with Crippen LogP contribution in [-0.4, -0.2) is 21.4 Å². The molecule has 0 saturated carbocycles. The van der Waals surface area contributed by atoms with E-state index in [0.29, 0.717) is 10.4 Å². The van der Waals surface area contributed by atoms with Gasteiger partial charge in [0.15, 0.2) is 0 Å². The van der Waals surface area contributed by atoms with Gasteiger partial charge in [0.2, 0.25) is 0 Å². The summed E-state index contributed by atoms with van der Waals surface area (Å²) < 4.78 is 14.4. The fourth-order valence-corrected chi connectivity index (χ4v) is 4.22. The third-order valence-electron chi connectivity index (χ3n) is 4.39. The maximum Gasteiger partial charge on any atom is 0.279 e. The Morgan fingerprint density at radius 3 is 2.89 bits per heavy atom. The lowest BCUT2D eigenvalue weighted by Crippen LogP contribution is -2.44. The van der Waals surface area contributed by atoms with Crippen molar-refractivity contribution in [1.82, 2.24) is 20.4 Å². The van der Waals surface area contributed by atoms with Crippen molar-refractivity contribution in [2.75, 3.05) is 0 Å². The van der Waals surface area contributed by atoms with E-state index in [2.05, 4.69) is 15.8 Å². The Morgan fingerprint density at radius 2 is 2.07 bits per heavy atom. The summed E-state index contributed by atoms with van der Waals surface area (Å²) in [5, 5.41) is 0.0856. The van der Waals surface area contributed by atoms with Gasteiger partial charge in [-0.2, -0.15) is 0 Å². The van der Waals surface area contributed by atoms with Gasteiger partial charge in [0.1, 0.15) is 12.4 Å². The van der Waals surface area contributed by atoms with Crippen molar-refractivity contribution in [3.8, 4) is 0 Å². The second-order valence-corrected chi connectivity index (χ2v) is 7.39. The zero-order valence-corrected chi connectivity index (χ0v) is 14.9. The highest BCUT2D eigenvalue weighted by atomic mass is 32.1. The molecule has 0 aliphatic heterocycles. The van der Waals surface area contributed by atoms with E-state index in [1.54, 1.807) is 0 Å². The van der Waals surface area contributed by atoms with Gasteiger partial charge in [-0.05, 0) is 49.1 Å². The first kappa shape index (κ1) is 17.3. The number of rotatable bonds is 3. The molecule has 1 aromatic carbocycles. The van der Waals surface area contributed by atoms with Crippen LogP contribution in [-0.2, 0) is 24.2 Å². The molecule has 0 radical (unpaired) electrons. The van der Waals surface area contributed by atoms with Gasteiger partial charge in [-0.15, -0.1) is 11.3 Å². The number of benzene rings is 1. The average molecular weight is 386 g/mol. The molecular formula is C18H15FN4O3S. The Hall–Kier alpha value is -3.07. The first-order valence-corrected chi connectivity index (χ1v) is 9.18. The number of fused-ring (bicyclic) bond motifs is 2. The lowest BCUT2D eigenvalue weighted by atomic mass is 10.2. The quantitative estimate of drug-likeness (QED) is 0.668. The lowest BCUT2D eigenvalue weighted by Gasteiger charge is -2.08. The molecule has 0 saturated heterocycles. The molecule has 3 aromatic rings. The number of aryl methyl sites for hydroxylation is 2. The topological polar surface area (TPSA) is 93.1 Å². The predicted octanol–water partition coefficient (Wildman–Crippen LogP) is 1.55. The number of amides is 2. The molecule has 2 aromatic heterocycles. The average Bonchev–Trinajstić information content (AvgIpc) is 3.24. The molecule has 2 N–H and O–H groups in total. The third-order valence-corrected chi connectivity index (χ3v) is 5.62. The molecule has 1 aliphatic rings. The summed E-state index contributed by atoms with van der Waals surface area (Å²) in [4.78, 5) is 42.3. The fraction of sp³-hybridized carbons (Fsp3) is 0.222. The van der Waals surface area contributed by atoms with Crippen molar-refractivity contribution in [3.63, 3.8) is 0 Å². The number of nitrogens with zero attached hydrogens (tertiary/aromatic N) is 2. The van der Waals surface area contributed by atoms with E-state index >= 15 is 0 Å². The van der Waals surface area contributed by atoms with Gasteiger partial charge in [-0.3, -0.25) is 29.8 Å². The molecule has 138 valence electrons. The largest absolute Gasteiger partial charge is 0.289 e. The van der Waals surface area contributed by atoms with E-state index in [4.69, 9.17) is 0 Å². The lowest BCUT2D eigenvalue weighted by molar-refractivity contribution is -0.122. The van der Waals surface area contributed by atoms with Gasteiger partial charge in [0.05, 0.1) is 22.1 Å². The van der Waals surface area contributed by atoms with Gasteiger partial charge in [-0.1, -0.05) is 0 Å². The molecule has 0 spiro atoms. The molecule has 27 heavy (non-hydrogen) atoms. The highest BCUT2D eigenvalue weighted by molar-refractivity contribution is 7.14. The second-order valence-electron chi connectivity index (χ2n) is 6.25. The molecule has 0 atom stereocenters. The molecular weight excluding hydrogens is 371 g/mol. The number of hydrazine groups is 1. The standard InChI is InChI=1S/C18H15FN4O3S/c19-11-4-5-13-12(7-11)18(26)23(9-20-13)8-16(24)21-22-17(25)15-6-10-2-1-3-14(10)27-15/h4-7,9H,1-3,8H2,(H,21,24)(H,22,25). The van der Waals surface area contributed by atoms with Crippen molar-refractivity contribution in [2.24, 2.45) is 0 Å². The van der Waals surface area contributed by atoms with Crippen LogP contribution in [0.2, 0.25) is 0 Å². The van der Waals surface area contributed by atoms with E-state index < -0.39 is 23.2 Å². The minimum Gasteiger partial charge on any atom is -0.289 e. The fourth-order valence-electron chi connectivity index (χ4n) is 3.07. The van der Waals surface area contributed by atoms with Gasteiger partial charge in [0, 0.05) is 4.88 Å². The molecule has 1 aliphatic carbocycles. The van der Waals surface area contributed by atoms with Crippen molar-refractivity contribution < 1.29 is 14.0 Å². The number of halogens is 1. The van der Waals surface area contributed by atoms with Crippen LogP contribution >= 0.6 is 11.3 Å². The Bertz CT molecular complexity index is 1100. The van der Waals surface area contributed by atoms with Gasteiger partial charge >= 0.3 is 0 Å². The van der Waals surface area contributed by atoms with Crippen LogP contribution in [0.4, 0.5) is 4.39 Å². The molecule has 9 heteroatoms. The van der Waals surface area contributed by atoms with Crippen molar-refractivity contribution in [2.45, 2.75) is 25.8 Å². The van der Waals surface area contributed by atoms with Crippen LogP contribution in [0, 0.1) is 5.82 Å². The normalized spacial score (nSPS) is 12.8. The Labute approximate surface area is 156 Å². The number of hydrogen-bond donors (Lipinski definition) is 2. The number of carbonyl (C=O) groups excluding carboxylic acids is 2. The Kier molecular flexibility index (Phi) is 4.44. The molecule has 7 nitrogen and oxygen atoms in total. The maximum atomic E-state index is 13.3. The number of carbonyl (C=O) groups is 2. The van der Waals surface area contributed by atoms with Crippen LogP contribution in [0.25, 0.3) is 10.9 Å². The zero-order chi connectivity index (χ0) is 19.0. The molecule has 2 amide bonds. The summed E-state index contributed by atoms with van der Waals surface area (Å²) >= 11 is 1.43. The molecule has 4 rings (SSSR count). The second kappa shape index (κ2) is 6.92. The molecule has 0 bridgehead atoms. The summed E-state index contributed by atoms with van der Waals surface area (Å²) in [6, 6.07) is 5.54. The minimum atomic E-state index is -0.591. The first-order valence-electron chi connectivity index (χ1n) is 8.37. The van der Waals surface area contributed by atoms with Crippen LogP contribution in [0.15, 0.2) is 35.4 Å². The van der Waals surface area contributed by atoms with Crippen molar-refractivity contribution in [3.05, 3.63) is 62.1 Å². The van der Waals surface area contributed by atoms with E-state index in [1.807, 2.05) is 6.07 Å². The van der Waals surface area contributed by atoms with Crippen molar-refractivity contribution >= 4 is 34.1 Å². The monoisotopic (exact) mass is 386 g/mol. The van der Waals surface area contributed by atoms with Crippen LogP contribution in [0.5, 0.6) is 0 Å². The van der Waals surface area contributed by atoms with E-state index in [-0.39, 0.29) is 11.9 Å². The number of thiophene rings is 1. The summed E-state index contributed by atoms with van der Waals surface area (Å²) in [6.07, 6.45) is 4.29. The van der Waals surface area contributed by atoms with Crippen LogP contribution in [0.1, 0.15) is 26.5 Å². The maximum absolute atomic E-state index is 13.3. The summed E-state index contributed by atoms with van der Waals surface area (Å²) in [7, 11) is 0. The predicted molar refractivity (Wildman–Crippen MR) is 97.9 cm³/mol. The number of nitrogens with one attached hydrogen (secondary N) is 2. The highest BCUT2D eigenvalue weighted by Gasteiger charge is 2.19. The number of hydrogen-bond acceptors (Lipinski definition) is 5. The Balaban J connectivity index is 1.42. The molecule has 0 unspecified atom stereocenters. The van der Waals surface area contributed by atoms with E-state index in [1.165, 1.54) is 40.2 Å². The van der Waals surface area contributed by atoms with Crippen LogP contribution in [0.3, 0.4) is 0 Å². The molecule has 2 heterocycles. The third kappa shape index (κ3) is 3.45. The van der Waals surface area contributed by atoms with E-state index in [0.717, 1.165) is 29.9 Å². The van der Waals surface area contributed by atoms with Gasteiger partial charge in [-0.25, -0.2) is 9.37 Å². The van der Waals surface area contributed by atoms with Gasteiger partial charge < -0.3 is 0 Å². The van der Waals surface area contributed by atoms with Crippen LogP contribution < -0.4 is 16.4 Å². The summed E-state index contributed by atoms with van der Waals surface area (Å²) in [6.45, 7) is -0.348. The van der Waals surface area contributed by atoms with Crippen molar-refractivity contribution in [1.29, 1.82) is 0 Å². The van der Waals surface area contributed by atoms with E-state index in [9.17, 15) is 18.8 Å².